The van der Waals surface area contributed by atoms with Crippen molar-refractivity contribution in [1.29, 1.82) is 0 Å². The van der Waals surface area contributed by atoms with Crippen LogP contribution in [0.15, 0.2) is 42.6 Å². The maximum absolute atomic E-state index is 11.9. The van der Waals surface area contributed by atoms with E-state index < -0.39 is 11.7 Å². The van der Waals surface area contributed by atoms with E-state index in [0.717, 1.165) is 28.3 Å². The number of nitrogens with zero attached hydrogens (tertiary/aromatic N) is 2. The first-order chi connectivity index (χ1) is 13.3. The highest BCUT2D eigenvalue weighted by Crippen LogP contribution is 2.29. The van der Waals surface area contributed by atoms with Gasteiger partial charge in [0.25, 0.3) is 0 Å². The molecule has 0 saturated carbocycles. The first-order valence-corrected chi connectivity index (χ1v) is 9.42. The molecule has 0 aliphatic heterocycles. The summed E-state index contributed by atoms with van der Waals surface area (Å²) < 4.78 is 12.6. The minimum Gasteiger partial charge on any atom is -0.497 e. The summed E-state index contributed by atoms with van der Waals surface area (Å²) in [5, 5.41) is 3.40. The molecular weight excluding hydrogens is 378 g/mol. The van der Waals surface area contributed by atoms with Crippen LogP contribution in [-0.4, -0.2) is 34.7 Å². The van der Waals surface area contributed by atoms with E-state index in [4.69, 9.17) is 26.1 Å². The van der Waals surface area contributed by atoms with Crippen molar-refractivity contribution in [3.63, 3.8) is 0 Å². The van der Waals surface area contributed by atoms with Crippen LogP contribution < -0.4 is 10.1 Å². The van der Waals surface area contributed by atoms with Crippen molar-refractivity contribution in [2.24, 2.45) is 0 Å². The number of hydrogen-bond donors (Lipinski definition) is 1. The van der Waals surface area contributed by atoms with Gasteiger partial charge in [0.15, 0.2) is 0 Å². The van der Waals surface area contributed by atoms with E-state index in [2.05, 4.69) is 5.32 Å². The number of ether oxygens (including phenoxy) is 2. The normalized spacial score (nSPS) is 11.5. The number of hydrogen-bond acceptors (Lipinski definition) is 4. The van der Waals surface area contributed by atoms with Gasteiger partial charge in [0, 0.05) is 29.7 Å². The summed E-state index contributed by atoms with van der Waals surface area (Å²) in [5.41, 5.74) is 2.12. The highest BCUT2D eigenvalue weighted by molar-refractivity contribution is 6.31. The van der Waals surface area contributed by atoms with Gasteiger partial charge in [0.2, 0.25) is 0 Å². The van der Waals surface area contributed by atoms with Crippen molar-refractivity contribution in [2.45, 2.75) is 32.8 Å². The third-order valence-electron chi connectivity index (χ3n) is 4.04. The quantitative estimate of drug-likeness (QED) is 0.671. The molecule has 0 aliphatic carbocycles. The number of alkyl carbamates (subject to hydrolysis) is 1. The average molecular weight is 402 g/mol. The van der Waals surface area contributed by atoms with Gasteiger partial charge in [-0.1, -0.05) is 23.7 Å². The first kappa shape index (κ1) is 20.0. The van der Waals surface area contributed by atoms with E-state index >= 15 is 0 Å². The summed E-state index contributed by atoms with van der Waals surface area (Å²) >= 11 is 6.21. The van der Waals surface area contributed by atoms with Gasteiger partial charge in [0.1, 0.15) is 17.2 Å². The fourth-order valence-corrected chi connectivity index (χ4v) is 3.03. The fraction of sp³-hybridized carbons (Fsp3) is 0.333. The maximum atomic E-state index is 11.9. The smallest absolute Gasteiger partial charge is 0.407 e. The number of imidazole rings is 1. The Bertz CT molecular complexity index is 992. The molecule has 0 radical (unpaired) electrons. The van der Waals surface area contributed by atoms with Gasteiger partial charge in [-0.25, -0.2) is 9.78 Å². The zero-order chi connectivity index (χ0) is 20.3. The van der Waals surface area contributed by atoms with Crippen LogP contribution in [0, 0.1) is 0 Å². The molecule has 1 N–H and O–H groups in total. The van der Waals surface area contributed by atoms with Crippen molar-refractivity contribution >= 4 is 23.2 Å². The lowest BCUT2D eigenvalue weighted by molar-refractivity contribution is 0.0528. The Hall–Kier alpha value is -2.73. The second-order valence-electron chi connectivity index (χ2n) is 7.39. The summed E-state index contributed by atoms with van der Waals surface area (Å²) in [5.74, 6) is 1.58. The van der Waals surface area contributed by atoms with Crippen molar-refractivity contribution in [2.75, 3.05) is 13.7 Å². The number of nitrogens with one attached hydrogen (secondary N) is 1. The van der Waals surface area contributed by atoms with Crippen LogP contribution in [-0.2, 0) is 11.2 Å². The monoisotopic (exact) mass is 401 g/mol. The van der Waals surface area contributed by atoms with Gasteiger partial charge in [-0.05, 0) is 45.0 Å². The number of fused-ring (bicyclic) bond motifs is 1. The van der Waals surface area contributed by atoms with Crippen LogP contribution in [0.3, 0.4) is 0 Å². The number of halogens is 1. The number of carbonyl (C=O) groups excluding carboxylic acids is 1. The molecule has 2 aromatic heterocycles. The van der Waals surface area contributed by atoms with Gasteiger partial charge >= 0.3 is 6.09 Å². The zero-order valence-corrected chi connectivity index (χ0v) is 17.2. The van der Waals surface area contributed by atoms with E-state index in [1.54, 1.807) is 7.11 Å². The number of benzene rings is 1. The highest BCUT2D eigenvalue weighted by Gasteiger charge is 2.17. The summed E-state index contributed by atoms with van der Waals surface area (Å²) in [6, 6.07) is 11.4. The molecule has 0 aliphatic rings. The van der Waals surface area contributed by atoms with Crippen LogP contribution in [0.2, 0.25) is 5.02 Å². The molecular formula is C21H24ClN3O3. The lowest BCUT2D eigenvalue weighted by atomic mass is 10.1. The molecule has 3 aromatic rings. The summed E-state index contributed by atoms with van der Waals surface area (Å²) in [7, 11) is 1.63. The molecule has 1 aromatic carbocycles. The largest absolute Gasteiger partial charge is 0.497 e. The topological polar surface area (TPSA) is 64.9 Å². The Morgan fingerprint density at radius 2 is 2.04 bits per heavy atom. The predicted molar refractivity (Wildman–Crippen MR) is 110 cm³/mol. The van der Waals surface area contributed by atoms with Crippen LogP contribution in [0.1, 0.15) is 26.6 Å². The van der Waals surface area contributed by atoms with Crippen LogP contribution in [0.25, 0.3) is 16.8 Å². The molecule has 1 amide bonds. The Balaban J connectivity index is 1.86. The second kappa shape index (κ2) is 8.10. The van der Waals surface area contributed by atoms with Crippen molar-refractivity contribution in [3.8, 4) is 17.0 Å². The number of carbonyl (C=O) groups is 1. The standard InChI is InChI=1S/C21H24ClN3O3/c1-21(2,3)28-20(26)23-10-8-18-24-19(14-6-5-7-16(12-14)27-4)17-13-15(22)9-11-25(17)18/h5-7,9,11-13H,8,10H2,1-4H3,(H,23,26). The highest BCUT2D eigenvalue weighted by atomic mass is 35.5. The maximum Gasteiger partial charge on any atom is 0.407 e. The van der Waals surface area contributed by atoms with Crippen LogP contribution in [0.4, 0.5) is 4.79 Å². The molecule has 0 saturated heterocycles. The van der Waals surface area contributed by atoms with Gasteiger partial charge < -0.3 is 19.2 Å². The minimum absolute atomic E-state index is 0.411. The van der Waals surface area contributed by atoms with Gasteiger partial charge in [0.05, 0.1) is 18.3 Å². The van der Waals surface area contributed by atoms with Crippen molar-refractivity contribution < 1.29 is 14.3 Å². The Labute approximate surface area is 169 Å². The third-order valence-corrected chi connectivity index (χ3v) is 4.27. The molecule has 0 atom stereocenters. The Morgan fingerprint density at radius 1 is 1.25 bits per heavy atom. The Morgan fingerprint density at radius 3 is 2.75 bits per heavy atom. The van der Waals surface area contributed by atoms with Crippen molar-refractivity contribution in [1.82, 2.24) is 14.7 Å². The molecule has 0 spiro atoms. The molecule has 6 nitrogen and oxygen atoms in total. The lowest BCUT2D eigenvalue weighted by Gasteiger charge is -2.19. The van der Waals surface area contributed by atoms with Gasteiger partial charge in [-0.15, -0.1) is 0 Å². The van der Waals surface area contributed by atoms with E-state index in [-0.39, 0.29) is 0 Å². The van der Waals surface area contributed by atoms with Crippen molar-refractivity contribution in [3.05, 3.63) is 53.4 Å². The number of methoxy groups -OCH3 is 1. The molecule has 0 unspecified atom stereocenters. The summed E-state index contributed by atoms with van der Waals surface area (Å²) in [4.78, 5) is 16.7. The van der Waals surface area contributed by atoms with E-state index in [1.165, 1.54) is 0 Å². The molecule has 148 valence electrons. The molecule has 7 heteroatoms. The second-order valence-corrected chi connectivity index (χ2v) is 7.82. The van der Waals surface area contributed by atoms with E-state index in [9.17, 15) is 4.79 Å². The number of rotatable bonds is 5. The summed E-state index contributed by atoms with van der Waals surface area (Å²) in [6.45, 7) is 5.91. The molecule has 28 heavy (non-hydrogen) atoms. The first-order valence-electron chi connectivity index (χ1n) is 9.04. The third kappa shape index (κ3) is 4.75. The summed E-state index contributed by atoms with van der Waals surface area (Å²) in [6.07, 6.45) is 1.99. The predicted octanol–water partition coefficient (Wildman–Crippen LogP) is 4.73. The fourth-order valence-electron chi connectivity index (χ4n) is 2.87. The molecule has 3 rings (SSSR count). The van der Waals surface area contributed by atoms with Gasteiger partial charge in [-0.2, -0.15) is 0 Å². The Kier molecular flexibility index (Phi) is 5.79. The number of amides is 1. The minimum atomic E-state index is -0.527. The SMILES string of the molecule is COc1cccc(-c2nc(CCNC(=O)OC(C)(C)C)n3ccc(Cl)cc23)c1. The molecule has 0 fully saturated rings. The molecule has 0 bridgehead atoms. The number of aromatic nitrogens is 2. The lowest BCUT2D eigenvalue weighted by Crippen LogP contribution is -2.33. The molecule has 2 heterocycles. The van der Waals surface area contributed by atoms with Gasteiger partial charge in [-0.3, -0.25) is 0 Å². The van der Waals surface area contributed by atoms with Crippen LogP contribution >= 0.6 is 11.6 Å². The van der Waals surface area contributed by atoms with E-state index in [1.807, 2.05) is 67.8 Å². The zero-order valence-electron chi connectivity index (χ0n) is 16.5. The number of pyridine rings is 1. The average Bonchev–Trinajstić information content (AvgIpc) is 2.98. The van der Waals surface area contributed by atoms with Crippen LogP contribution in [0.5, 0.6) is 5.75 Å². The van der Waals surface area contributed by atoms with E-state index in [0.29, 0.717) is 18.0 Å².